The Hall–Kier alpha value is -2.37. The topological polar surface area (TPSA) is 149 Å². The zero-order valence-electron chi connectivity index (χ0n) is 29.3. The fourth-order valence-corrected chi connectivity index (χ4v) is 5.93. The van der Waals surface area contributed by atoms with Crippen LogP contribution in [-0.2, 0) is 14.3 Å². The highest BCUT2D eigenvalue weighted by atomic mass is 16.7. The van der Waals surface area contributed by atoms with Crippen LogP contribution in [0, 0.1) is 0 Å². The van der Waals surface area contributed by atoms with Crippen LogP contribution in [0.5, 0.6) is 0 Å². The van der Waals surface area contributed by atoms with E-state index in [1.54, 1.807) is 0 Å². The number of hydrogen-bond donors (Lipinski definition) is 6. The molecule has 2 rings (SSSR count). The Balaban J connectivity index is 2.03. The number of aliphatic hydroxyl groups excluding tert-OH is 5. The fourth-order valence-electron chi connectivity index (χ4n) is 5.93. The second-order valence-corrected chi connectivity index (χ2v) is 13.0. The normalized spacial score (nSPS) is 15.5. The molecule has 0 aliphatic rings. The average molecular weight is 674 g/mol. The molecule has 6 atom stereocenters. The van der Waals surface area contributed by atoms with Gasteiger partial charge in [-0.2, -0.15) is 0 Å². The van der Waals surface area contributed by atoms with Gasteiger partial charge in [0, 0.05) is 0 Å². The van der Waals surface area contributed by atoms with Gasteiger partial charge in [-0.1, -0.05) is 151 Å². The lowest BCUT2D eigenvalue weighted by Gasteiger charge is -2.31. The Bertz CT molecular complexity index is 1020. The van der Waals surface area contributed by atoms with E-state index in [2.05, 4.69) is 12.2 Å². The molecule has 9 heteroatoms. The standard InChI is InChI=1S/C39H63NO8/c1-3-4-5-6-7-8-9-10-11-12-13-14-21-26-34(43)33(29-48-39(47-28-27-41)37(45)36(44)30(2)42)40-38(46)35(31-22-17-15-18-23-31)32-24-19-16-20-25-32/h15-20,22-25,30,33-37,39,41-45H,3-14,21,26-29H2,1-2H3,(H,40,46)/t30?,33-,34+,36?,37?,39?/m0/s1. The number of ether oxygens (including phenoxy) is 2. The van der Waals surface area contributed by atoms with Crippen LogP contribution in [0.4, 0.5) is 0 Å². The van der Waals surface area contributed by atoms with Crippen LogP contribution in [0.15, 0.2) is 60.7 Å². The molecule has 1 amide bonds. The van der Waals surface area contributed by atoms with Gasteiger partial charge in [0.15, 0.2) is 6.29 Å². The van der Waals surface area contributed by atoms with E-state index in [4.69, 9.17) is 9.47 Å². The zero-order valence-corrected chi connectivity index (χ0v) is 29.3. The van der Waals surface area contributed by atoms with Gasteiger partial charge in [0.2, 0.25) is 5.91 Å². The van der Waals surface area contributed by atoms with E-state index < -0.39 is 42.7 Å². The summed E-state index contributed by atoms with van der Waals surface area (Å²) in [5, 5.41) is 54.3. The molecule has 0 radical (unpaired) electrons. The molecule has 0 aliphatic carbocycles. The Morgan fingerprint density at radius 3 is 1.62 bits per heavy atom. The Morgan fingerprint density at radius 2 is 1.17 bits per heavy atom. The van der Waals surface area contributed by atoms with Crippen LogP contribution in [-0.4, -0.2) is 88.0 Å². The van der Waals surface area contributed by atoms with Crippen LogP contribution in [0.2, 0.25) is 0 Å². The highest BCUT2D eigenvalue weighted by Crippen LogP contribution is 2.25. The van der Waals surface area contributed by atoms with Crippen molar-refractivity contribution in [3.8, 4) is 0 Å². The van der Waals surface area contributed by atoms with Crippen molar-refractivity contribution in [1.29, 1.82) is 0 Å². The molecule has 2 aromatic rings. The molecule has 0 fully saturated rings. The molecule has 272 valence electrons. The van der Waals surface area contributed by atoms with E-state index in [9.17, 15) is 30.3 Å². The molecule has 6 N–H and O–H groups in total. The number of amides is 1. The molecule has 48 heavy (non-hydrogen) atoms. The number of aliphatic hydroxyl groups is 5. The minimum absolute atomic E-state index is 0.184. The quantitative estimate of drug-likeness (QED) is 0.0505. The average Bonchev–Trinajstić information content (AvgIpc) is 3.10. The van der Waals surface area contributed by atoms with Crippen molar-refractivity contribution < 1.29 is 39.8 Å². The van der Waals surface area contributed by atoms with Gasteiger partial charge in [0.25, 0.3) is 0 Å². The first-order chi connectivity index (χ1) is 23.3. The van der Waals surface area contributed by atoms with Crippen LogP contribution in [0.3, 0.4) is 0 Å². The highest BCUT2D eigenvalue weighted by molar-refractivity contribution is 5.87. The van der Waals surface area contributed by atoms with Crippen molar-refractivity contribution in [2.24, 2.45) is 0 Å². The monoisotopic (exact) mass is 673 g/mol. The van der Waals surface area contributed by atoms with Crippen LogP contribution in [0.1, 0.15) is 121 Å². The lowest BCUT2D eigenvalue weighted by molar-refractivity contribution is -0.230. The molecule has 0 heterocycles. The number of unbranched alkanes of at least 4 members (excludes halogenated alkanes) is 12. The van der Waals surface area contributed by atoms with Gasteiger partial charge in [-0.25, -0.2) is 0 Å². The number of hydrogen-bond acceptors (Lipinski definition) is 8. The summed E-state index contributed by atoms with van der Waals surface area (Å²) < 4.78 is 11.3. The van der Waals surface area contributed by atoms with Crippen molar-refractivity contribution in [2.45, 2.75) is 146 Å². The molecule has 2 aromatic carbocycles. The SMILES string of the molecule is CCCCCCCCCCCCCCC[C@@H](O)[C@H](COC(OCCO)C(O)C(O)C(C)O)NC(=O)C(c1ccccc1)c1ccccc1. The summed E-state index contributed by atoms with van der Waals surface area (Å²) in [4.78, 5) is 13.9. The first-order valence-corrected chi connectivity index (χ1v) is 18.3. The third-order valence-electron chi connectivity index (χ3n) is 8.86. The fraction of sp³-hybridized carbons (Fsp3) is 0.667. The van der Waals surface area contributed by atoms with Crippen LogP contribution >= 0.6 is 0 Å². The largest absolute Gasteiger partial charge is 0.394 e. The smallest absolute Gasteiger partial charge is 0.232 e. The Morgan fingerprint density at radius 1 is 0.688 bits per heavy atom. The Labute approximate surface area is 288 Å². The van der Waals surface area contributed by atoms with E-state index in [0.717, 1.165) is 30.4 Å². The lowest BCUT2D eigenvalue weighted by atomic mass is 9.90. The van der Waals surface area contributed by atoms with Crippen LogP contribution < -0.4 is 5.32 Å². The molecule has 4 unspecified atom stereocenters. The van der Waals surface area contributed by atoms with E-state index in [1.165, 1.54) is 71.1 Å². The first kappa shape index (κ1) is 41.8. The summed E-state index contributed by atoms with van der Waals surface area (Å²) in [5.41, 5.74) is 1.60. The molecule has 0 aromatic heterocycles. The third-order valence-corrected chi connectivity index (χ3v) is 8.86. The van der Waals surface area contributed by atoms with Crippen molar-refractivity contribution >= 4 is 5.91 Å². The minimum Gasteiger partial charge on any atom is -0.394 e. The van der Waals surface area contributed by atoms with Crippen molar-refractivity contribution in [1.82, 2.24) is 5.32 Å². The number of benzene rings is 2. The second kappa shape index (κ2) is 25.6. The molecule has 0 saturated carbocycles. The highest BCUT2D eigenvalue weighted by Gasteiger charge is 2.34. The number of carbonyl (C=O) groups excluding carboxylic acids is 1. The van der Waals surface area contributed by atoms with Crippen molar-refractivity contribution in [2.75, 3.05) is 19.8 Å². The summed E-state index contributed by atoms with van der Waals surface area (Å²) in [6, 6.07) is 18.0. The maximum atomic E-state index is 13.9. The summed E-state index contributed by atoms with van der Waals surface area (Å²) in [5.74, 6) is -0.953. The number of carbonyl (C=O) groups is 1. The maximum absolute atomic E-state index is 13.9. The molecule has 0 bridgehead atoms. The van der Waals surface area contributed by atoms with Gasteiger partial charge in [-0.3, -0.25) is 4.79 Å². The van der Waals surface area contributed by atoms with Crippen molar-refractivity contribution in [3.05, 3.63) is 71.8 Å². The van der Waals surface area contributed by atoms with Gasteiger partial charge in [0.05, 0.1) is 44.0 Å². The van der Waals surface area contributed by atoms with Crippen LogP contribution in [0.25, 0.3) is 0 Å². The Kier molecular flexibility index (Phi) is 22.3. The second-order valence-electron chi connectivity index (χ2n) is 13.0. The van der Waals surface area contributed by atoms with Crippen molar-refractivity contribution in [3.63, 3.8) is 0 Å². The molecule has 0 aliphatic heterocycles. The summed E-state index contributed by atoms with van der Waals surface area (Å²) >= 11 is 0. The first-order valence-electron chi connectivity index (χ1n) is 18.3. The van der Waals surface area contributed by atoms with E-state index in [0.29, 0.717) is 6.42 Å². The molecular formula is C39H63NO8. The van der Waals surface area contributed by atoms with E-state index in [1.807, 2.05) is 60.7 Å². The molecule has 0 saturated heterocycles. The molecular weight excluding hydrogens is 610 g/mol. The third kappa shape index (κ3) is 16.4. The minimum atomic E-state index is -1.63. The van der Waals surface area contributed by atoms with Gasteiger partial charge >= 0.3 is 0 Å². The summed E-state index contributed by atoms with van der Waals surface area (Å²) in [6.45, 7) is 2.80. The van der Waals surface area contributed by atoms with Gasteiger partial charge in [0.1, 0.15) is 12.2 Å². The molecule has 9 nitrogen and oxygen atoms in total. The molecule has 0 spiro atoms. The van der Waals surface area contributed by atoms with Gasteiger partial charge < -0.3 is 40.3 Å². The van der Waals surface area contributed by atoms with E-state index in [-0.39, 0.29) is 25.7 Å². The zero-order chi connectivity index (χ0) is 35.0. The summed E-state index contributed by atoms with van der Waals surface area (Å²) in [6.07, 6.45) is 9.37. The van der Waals surface area contributed by atoms with E-state index >= 15 is 0 Å². The predicted octanol–water partition coefficient (Wildman–Crippen LogP) is 5.60. The van der Waals surface area contributed by atoms with Gasteiger partial charge in [-0.05, 0) is 24.5 Å². The number of nitrogens with one attached hydrogen (secondary N) is 1. The number of rotatable bonds is 28. The maximum Gasteiger partial charge on any atom is 0.232 e. The van der Waals surface area contributed by atoms with Gasteiger partial charge in [-0.15, -0.1) is 0 Å². The summed E-state index contributed by atoms with van der Waals surface area (Å²) in [7, 11) is 0. The lowest BCUT2D eigenvalue weighted by Crippen LogP contribution is -2.51. The predicted molar refractivity (Wildman–Crippen MR) is 189 cm³/mol.